The van der Waals surface area contributed by atoms with Crippen LogP contribution in [0, 0.1) is 0 Å². The van der Waals surface area contributed by atoms with Crippen LogP contribution >= 0.6 is 23.5 Å². The van der Waals surface area contributed by atoms with E-state index in [0.29, 0.717) is 12.1 Å². The van der Waals surface area contributed by atoms with Crippen LogP contribution in [0.5, 0.6) is 0 Å². The van der Waals surface area contributed by atoms with Gasteiger partial charge in [-0.15, -0.1) is 0 Å². The molecule has 0 bridgehead atoms. The standard InChI is InChI=1S/C16H31NOS2/c1-3-15-16(20-12-11-19-15)14(17-4-2)9-5-7-13-8-6-10-18-13/h13-17H,3-12H2,1-2H3. The summed E-state index contributed by atoms with van der Waals surface area (Å²) in [6.07, 6.45) is 8.35. The third-order valence-corrected chi connectivity index (χ3v) is 7.83. The normalized spacial score (nSPS) is 32.4. The molecular weight excluding hydrogens is 286 g/mol. The van der Waals surface area contributed by atoms with Gasteiger partial charge in [-0.05, 0) is 45.1 Å². The Morgan fingerprint density at radius 3 is 2.80 bits per heavy atom. The minimum absolute atomic E-state index is 0.563. The molecule has 0 amide bonds. The van der Waals surface area contributed by atoms with Crippen molar-refractivity contribution < 1.29 is 4.74 Å². The highest BCUT2D eigenvalue weighted by Gasteiger charge is 2.31. The van der Waals surface area contributed by atoms with E-state index in [1.165, 1.54) is 50.0 Å². The molecule has 20 heavy (non-hydrogen) atoms. The average molecular weight is 318 g/mol. The smallest absolute Gasteiger partial charge is 0.0576 e. The summed E-state index contributed by atoms with van der Waals surface area (Å²) >= 11 is 4.41. The third-order valence-electron chi connectivity index (χ3n) is 4.42. The highest BCUT2D eigenvalue weighted by atomic mass is 32.2. The number of hydrogen-bond acceptors (Lipinski definition) is 4. The van der Waals surface area contributed by atoms with Crippen molar-refractivity contribution in [2.24, 2.45) is 0 Å². The minimum atomic E-state index is 0.563. The van der Waals surface area contributed by atoms with E-state index in [0.717, 1.165) is 23.7 Å². The lowest BCUT2D eigenvalue weighted by molar-refractivity contribution is 0.101. The van der Waals surface area contributed by atoms with Crippen LogP contribution in [0.2, 0.25) is 0 Å². The topological polar surface area (TPSA) is 21.3 Å². The van der Waals surface area contributed by atoms with Gasteiger partial charge in [0.2, 0.25) is 0 Å². The summed E-state index contributed by atoms with van der Waals surface area (Å²) in [7, 11) is 0. The first-order valence-electron chi connectivity index (χ1n) is 8.43. The Kier molecular flexibility index (Phi) is 8.15. The lowest BCUT2D eigenvalue weighted by Crippen LogP contribution is -2.45. The molecule has 118 valence electrons. The molecule has 0 spiro atoms. The summed E-state index contributed by atoms with van der Waals surface area (Å²) in [6, 6.07) is 0.698. The molecule has 0 aromatic heterocycles. The molecule has 2 aliphatic heterocycles. The maximum absolute atomic E-state index is 5.75. The van der Waals surface area contributed by atoms with Crippen LogP contribution in [-0.4, -0.2) is 47.3 Å². The molecule has 2 rings (SSSR count). The fourth-order valence-electron chi connectivity index (χ4n) is 3.39. The molecule has 2 heterocycles. The minimum Gasteiger partial charge on any atom is -0.378 e. The molecule has 4 heteroatoms. The second-order valence-corrected chi connectivity index (χ2v) is 8.52. The number of thioether (sulfide) groups is 2. The van der Waals surface area contributed by atoms with E-state index in [1.54, 1.807) is 0 Å². The van der Waals surface area contributed by atoms with E-state index in [4.69, 9.17) is 4.74 Å². The molecule has 0 aromatic rings. The average Bonchev–Trinajstić information content (AvgIpc) is 2.99. The molecule has 4 atom stereocenters. The number of rotatable bonds is 8. The molecule has 0 aliphatic carbocycles. The van der Waals surface area contributed by atoms with E-state index >= 15 is 0 Å². The van der Waals surface area contributed by atoms with Gasteiger partial charge in [-0.1, -0.05) is 13.8 Å². The van der Waals surface area contributed by atoms with Crippen molar-refractivity contribution in [2.45, 2.75) is 75.0 Å². The van der Waals surface area contributed by atoms with Crippen LogP contribution in [0.4, 0.5) is 0 Å². The summed E-state index contributed by atoms with van der Waals surface area (Å²) in [6.45, 7) is 6.69. The van der Waals surface area contributed by atoms with Crippen molar-refractivity contribution in [1.29, 1.82) is 0 Å². The second kappa shape index (κ2) is 9.60. The Hall–Kier alpha value is 0.620. The number of nitrogens with one attached hydrogen (secondary N) is 1. The predicted molar refractivity (Wildman–Crippen MR) is 93.1 cm³/mol. The Balaban J connectivity index is 1.78. The molecule has 0 saturated carbocycles. The summed E-state index contributed by atoms with van der Waals surface area (Å²) in [5.74, 6) is 2.67. The van der Waals surface area contributed by atoms with Gasteiger partial charge >= 0.3 is 0 Å². The van der Waals surface area contributed by atoms with Crippen molar-refractivity contribution >= 4 is 23.5 Å². The van der Waals surface area contributed by atoms with E-state index in [-0.39, 0.29) is 0 Å². The van der Waals surface area contributed by atoms with Crippen molar-refractivity contribution in [2.75, 3.05) is 24.7 Å². The zero-order chi connectivity index (χ0) is 14.2. The SMILES string of the molecule is CCNC(CCCC1CCCO1)C1SCCSC1CC. The monoisotopic (exact) mass is 317 g/mol. The summed E-state index contributed by atoms with van der Waals surface area (Å²) in [4.78, 5) is 0. The first-order valence-corrected chi connectivity index (χ1v) is 10.5. The van der Waals surface area contributed by atoms with Crippen LogP contribution in [0.3, 0.4) is 0 Å². The highest BCUT2D eigenvalue weighted by Crippen LogP contribution is 2.36. The fraction of sp³-hybridized carbons (Fsp3) is 1.00. The van der Waals surface area contributed by atoms with Crippen molar-refractivity contribution in [3.8, 4) is 0 Å². The lowest BCUT2D eigenvalue weighted by atomic mass is 10.0. The van der Waals surface area contributed by atoms with Crippen LogP contribution in [0.25, 0.3) is 0 Å². The van der Waals surface area contributed by atoms with Crippen molar-refractivity contribution in [3.63, 3.8) is 0 Å². The van der Waals surface area contributed by atoms with Gasteiger partial charge in [0, 0.05) is 34.7 Å². The van der Waals surface area contributed by atoms with Gasteiger partial charge in [0.1, 0.15) is 0 Å². The van der Waals surface area contributed by atoms with E-state index in [9.17, 15) is 0 Å². The van der Waals surface area contributed by atoms with Crippen LogP contribution in [-0.2, 0) is 4.74 Å². The fourth-order valence-corrected chi connectivity index (χ4v) is 6.70. The van der Waals surface area contributed by atoms with Gasteiger partial charge in [0.25, 0.3) is 0 Å². The molecule has 2 fully saturated rings. The Bertz CT molecular complexity index is 259. The van der Waals surface area contributed by atoms with Crippen molar-refractivity contribution in [1.82, 2.24) is 5.32 Å². The Labute approximate surface area is 133 Å². The highest BCUT2D eigenvalue weighted by molar-refractivity contribution is 8.07. The summed E-state index contributed by atoms with van der Waals surface area (Å²) in [5, 5.41) is 5.42. The molecule has 1 N–H and O–H groups in total. The van der Waals surface area contributed by atoms with Gasteiger partial charge in [0.15, 0.2) is 0 Å². The van der Waals surface area contributed by atoms with Crippen LogP contribution in [0.1, 0.15) is 52.4 Å². The summed E-state index contributed by atoms with van der Waals surface area (Å²) < 4.78 is 5.75. The number of hydrogen-bond donors (Lipinski definition) is 1. The van der Waals surface area contributed by atoms with Crippen LogP contribution < -0.4 is 5.32 Å². The molecule has 0 radical (unpaired) electrons. The van der Waals surface area contributed by atoms with Crippen LogP contribution in [0.15, 0.2) is 0 Å². The largest absolute Gasteiger partial charge is 0.378 e. The van der Waals surface area contributed by atoms with E-state index in [2.05, 4.69) is 42.7 Å². The van der Waals surface area contributed by atoms with Gasteiger partial charge in [-0.3, -0.25) is 0 Å². The molecule has 4 unspecified atom stereocenters. The second-order valence-electron chi connectivity index (χ2n) is 5.88. The number of ether oxygens (including phenoxy) is 1. The maximum Gasteiger partial charge on any atom is 0.0576 e. The molecule has 0 aromatic carbocycles. The first kappa shape index (κ1) is 17.0. The quantitative estimate of drug-likeness (QED) is 0.731. The van der Waals surface area contributed by atoms with Gasteiger partial charge in [0.05, 0.1) is 6.10 Å². The Morgan fingerprint density at radius 2 is 2.10 bits per heavy atom. The summed E-state index contributed by atoms with van der Waals surface area (Å²) in [5.41, 5.74) is 0. The lowest BCUT2D eigenvalue weighted by Gasteiger charge is -2.36. The predicted octanol–water partition coefficient (Wildman–Crippen LogP) is 3.94. The molecular formula is C16H31NOS2. The molecule has 2 aliphatic rings. The zero-order valence-corrected chi connectivity index (χ0v) is 14.7. The molecule has 2 saturated heterocycles. The zero-order valence-electron chi connectivity index (χ0n) is 13.1. The van der Waals surface area contributed by atoms with Gasteiger partial charge in [-0.2, -0.15) is 23.5 Å². The third kappa shape index (κ3) is 5.11. The van der Waals surface area contributed by atoms with E-state index in [1.807, 2.05) is 0 Å². The molecule has 2 nitrogen and oxygen atoms in total. The van der Waals surface area contributed by atoms with Gasteiger partial charge in [-0.25, -0.2) is 0 Å². The first-order chi connectivity index (χ1) is 9.85. The maximum atomic E-state index is 5.75. The Morgan fingerprint density at radius 1 is 1.25 bits per heavy atom. The van der Waals surface area contributed by atoms with Crippen molar-refractivity contribution in [3.05, 3.63) is 0 Å². The van der Waals surface area contributed by atoms with E-state index < -0.39 is 0 Å². The van der Waals surface area contributed by atoms with Gasteiger partial charge < -0.3 is 10.1 Å².